The van der Waals surface area contributed by atoms with Crippen molar-refractivity contribution >= 4 is 28.9 Å². The number of rotatable bonds is 2. The van der Waals surface area contributed by atoms with Gasteiger partial charge < -0.3 is 10.5 Å². The van der Waals surface area contributed by atoms with Gasteiger partial charge in [-0.05, 0) is 30.3 Å². The molecule has 0 aliphatic heterocycles. The van der Waals surface area contributed by atoms with Crippen molar-refractivity contribution in [2.75, 3.05) is 5.73 Å². The molecule has 5 heteroatoms. The van der Waals surface area contributed by atoms with Crippen LogP contribution >= 0.6 is 23.2 Å². The van der Waals surface area contributed by atoms with E-state index in [-0.39, 0.29) is 5.69 Å². The van der Waals surface area contributed by atoms with Gasteiger partial charge in [0.1, 0.15) is 11.8 Å². The molecule has 0 amide bonds. The summed E-state index contributed by atoms with van der Waals surface area (Å²) in [5.74, 6) is 0.820. The summed E-state index contributed by atoms with van der Waals surface area (Å²) in [6, 6.07) is 11.8. The molecule has 2 rings (SSSR count). The molecule has 0 heterocycles. The van der Waals surface area contributed by atoms with Gasteiger partial charge in [0.2, 0.25) is 0 Å². The Balaban J connectivity index is 2.38. The van der Waals surface area contributed by atoms with Gasteiger partial charge in [0.05, 0.1) is 16.3 Å². The van der Waals surface area contributed by atoms with Crippen LogP contribution in [0, 0.1) is 11.3 Å². The van der Waals surface area contributed by atoms with Gasteiger partial charge in [0.15, 0.2) is 5.75 Å². The Hall–Kier alpha value is -1.89. The topological polar surface area (TPSA) is 59.0 Å². The Morgan fingerprint density at radius 1 is 1.11 bits per heavy atom. The lowest BCUT2D eigenvalue weighted by molar-refractivity contribution is 0.485. The van der Waals surface area contributed by atoms with Gasteiger partial charge in [-0.3, -0.25) is 0 Å². The monoisotopic (exact) mass is 278 g/mol. The smallest absolute Gasteiger partial charge is 0.151 e. The van der Waals surface area contributed by atoms with Gasteiger partial charge in [-0.1, -0.05) is 29.3 Å². The molecule has 2 N–H and O–H groups in total. The van der Waals surface area contributed by atoms with Crippen LogP contribution in [0.15, 0.2) is 36.4 Å². The number of nitrogen functional groups attached to an aromatic ring is 1. The summed E-state index contributed by atoms with van der Waals surface area (Å²) in [5.41, 5.74) is 6.45. The molecule has 3 nitrogen and oxygen atoms in total. The first kappa shape index (κ1) is 12.6. The predicted octanol–water partition coefficient (Wildman–Crippen LogP) is 4.24. The molecular formula is C13H8Cl2N2O. The van der Waals surface area contributed by atoms with E-state index < -0.39 is 0 Å². The number of halogens is 2. The average molecular weight is 279 g/mol. The summed E-state index contributed by atoms with van der Waals surface area (Å²) in [5, 5.41) is 9.77. The average Bonchev–Trinajstić information content (AvgIpc) is 2.35. The van der Waals surface area contributed by atoms with E-state index in [1.54, 1.807) is 36.4 Å². The van der Waals surface area contributed by atoms with E-state index in [1.165, 1.54) is 0 Å². The van der Waals surface area contributed by atoms with Crippen LogP contribution in [0.3, 0.4) is 0 Å². The molecule has 0 saturated carbocycles. The summed E-state index contributed by atoms with van der Waals surface area (Å²) < 4.78 is 5.57. The van der Waals surface area contributed by atoms with Crippen LogP contribution in [0.25, 0.3) is 0 Å². The molecule has 0 unspecified atom stereocenters. The Labute approximate surface area is 114 Å². The molecule has 0 bridgehead atoms. The molecule has 2 aromatic rings. The second-order valence-corrected chi connectivity index (χ2v) is 4.35. The number of para-hydroxylation sites is 1. The van der Waals surface area contributed by atoms with Crippen molar-refractivity contribution in [3.63, 3.8) is 0 Å². The fraction of sp³-hybridized carbons (Fsp3) is 0. The van der Waals surface area contributed by atoms with Gasteiger partial charge in [-0.25, -0.2) is 0 Å². The third kappa shape index (κ3) is 2.51. The van der Waals surface area contributed by atoms with Gasteiger partial charge in [-0.15, -0.1) is 0 Å². The molecule has 18 heavy (non-hydrogen) atoms. The minimum absolute atomic E-state index is 0.283. The van der Waals surface area contributed by atoms with Crippen molar-refractivity contribution in [2.45, 2.75) is 0 Å². The van der Waals surface area contributed by atoms with Crippen LogP contribution in [0.1, 0.15) is 5.56 Å². The Morgan fingerprint density at radius 3 is 2.56 bits per heavy atom. The van der Waals surface area contributed by atoms with Crippen LogP contribution in [-0.2, 0) is 0 Å². The predicted molar refractivity (Wildman–Crippen MR) is 72.1 cm³/mol. The van der Waals surface area contributed by atoms with E-state index >= 15 is 0 Å². The normalized spacial score (nSPS) is 9.83. The standard InChI is InChI=1S/C13H8Cl2N2O/c14-9-4-5-11(10(15)6-9)18-12-3-1-2-8(7-16)13(12)17/h1-6H,17H2. The molecule has 0 atom stereocenters. The third-order valence-corrected chi connectivity index (χ3v) is 2.83. The van der Waals surface area contributed by atoms with E-state index in [0.717, 1.165) is 0 Å². The zero-order valence-corrected chi connectivity index (χ0v) is 10.7. The number of nitrogens with zero attached hydrogens (tertiary/aromatic N) is 1. The highest BCUT2D eigenvalue weighted by atomic mass is 35.5. The van der Waals surface area contributed by atoms with E-state index in [1.807, 2.05) is 6.07 Å². The summed E-state index contributed by atoms with van der Waals surface area (Å²) in [6.45, 7) is 0. The molecule has 0 radical (unpaired) electrons. The SMILES string of the molecule is N#Cc1cccc(Oc2ccc(Cl)cc2Cl)c1N. The molecule has 0 aromatic heterocycles. The minimum Gasteiger partial charge on any atom is -0.454 e. The fourth-order valence-corrected chi connectivity index (χ4v) is 1.85. The number of anilines is 1. The number of hydrogen-bond acceptors (Lipinski definition) is 3. The number of nitriles is 1. The molecule has 90 valence electrons. The van der Waals surface area contributed by atoms with Crippen molar-refractivity contribution in [1.82, 2.24) is 0 Å². The maximum Gasteiger partial charge on any atom is 0.151 e. The third-order valence-electron chi connectivity index (χ3n) is 2.30. The van der Waals surface area contributed by atoms with Gasteiger partial charge in [0.25, 0.3) is 0 Å². The highest BCUT2D eigenvalue weighted by molar-refractivity contribution is 6.35. The first-order valence-corrected chi connectivity index (χ1v) is 5.79. The number of nitrogens with two attached hydrogens (primary N) is 1. The van der Waals surface area contributed by atoms with Gasteiger partial charge in [0, 0.05) is 5.02 Å². The van der Waals surface area contributed by atoms with Crippen LogP contribution in [0.2, 0.25) is 10.0 Å². The molecular weight excluding hydrogens is 271 g/mol. The summed E-state index contributed by atoms with van der Waals surface area (Å²) in [6.07, 6.45) is 0. The van der Waals surface area contributed by atoms with Crippen molar-refractivity contribution < 1.29 is 4.74 Å². The summed E-state index contributed by atoms with van der Waals surface area (Å²) in [7, 11) is 0. The quantitative estimate of drug-likeness (QED) is 0.836. The fourth-order valence-electron chi connectivity index (χ4n) is 1.41. The van der Waals surface area contributed by atoms with Crippen LogP contribution < -0.4 is 10.5 Å². The number of ether oxygens (including phenoxy) is 1. The Kier molecular flexibility index (Phi) is 3.61. The minimum atomic E-state index is 0.283. The van der Waals surface area contributed by atoms with E-state index in [0.29, 0.717) is 27.1 Å². The largest absolute Gasteiger partial charge is 0.454 e. The first-order chi connectivity index (χ1) is 8.61. The maximum absolute atomic E-state index is 8.87. The van der Waals surface area contributed by atoms with Crippen molar-refractivity contribution in [2.24, 2.45) is 0 Å². The van der Waals surface area contributed by atoms with E-state index in [9.17, 15) is 0 Å². The highest BCUT2D eigenvalue weighted by Gasteiger charge is 2.09. The van der Waals surface area contributed by atoms with Crippen LogP contribution in [0.5, 0.6) is 11.5 Å². The number of hydrogen-bond donors (Lipinski definition) is 1. The van der Waals surface area contributed by atoms with Crippen molar-refractivity contribution in [1.29, 1.82) is 5.26 Å². The Bertz CT molecular complexity index is 635. The van der Waals surface area contributed by atoms with Crippen molar-refractivity contribution in [3.8, 4) is 17.6 Å². The summed E-state index contributed by atoms with van der Waals surface area (Å²) >= 11 is 11.8. The molecule has 0 aliphatic rings. The molecule has 0 aliphatic carbocycles. The van der Waals surface area contributed by atoms with Gasteiger partial charge >= 0.3 is 0 Å². The molecule has 2 aromatic carbocycles. The lowest BCUT2D eigenvalue weighted by Gasteiger charge is -2.10. The first-order valence-electron chi connectivity index (χ1n) is 5.03. The molecule has 0 saturated heterocycles. The second kappa shape index (κ2) is 5.18. The number of benzene rings is 2. The van der Waals surface area contributed by atoms with Crippen molar-refractivity contribution in [3.05, 3.63) is 52.0 Å². The van der Waals surface area contributed by atoms with Gasteiger partial charge in [-0.2, -0.15) is 5.26 Å². The van der Waals surface area contributed by atoms with E-state index in [4.69, 9.17) is 38.9 Å². The van der Waals surface area contributed by atoms with Crippen LogP contribution in [0.4, 0.5) is 5.69 Å². The lowest BCUT2D eigenvalue weighted by Crippen LogP contribution is -1.95. The molecule has 0 spiro atoms. The highest BCUT2D eigenvalue weighted by Crippen LogP contribution is 2.34. The summed E-state index contributed by atoms with van der Waals surface area (Å²) in [4.78, 5) is 0. The Morgan fingerprint density at radius 2 is 1.89 bits per heavy atom. The maximum atomic E-state index is 8.87. The molecule has 0 fully saturated rings. The van der Waals surface area contributed by atoms with Crippen LogP contribution in [-0.4, -0.2) is 0 Å². The van der Waals surface area contributed by atoms with E-state index in [2.05, 4.69) is 0 Å². The lowest BCUT2D eigenvalue weighted by atomic mass is 10.2. The zero-order chi connectivity index (χ0) is 13.1. The zero-order valence-electron chi connectivity index (χ0n) is 9.15. The second-order valence-electron chi connectivity index (χ2n) is 3.51.